The van der Waals surface area contributed by atoms with Crippen molar-refractivity contribution in [1.82, 2.24) is 0 Å². The lowest BCUT2D eigenvalue weighted by Crippen LogP contribution is -2.16. The number of hydrogen-bond acceptors (Lipinski definition) is 2. The average molecular weight is 670 g/mol. The third kappa shape index (κ3) is 4.75. The maximum atomic E-state index is 2.45. The van der Waals surface area contributed by atoms with Gasteiger partial charge in [0.05, 0.1) is 0 Å². The standard InChI is InChI=1S/C49H35NS/c1-49(2)45-19-11-9-17-39(45)40-28-26-37(30-46(40)49)50(35-23-21-33(22-24-35)32-13-5-3-6-14-32)36-25-27-38-42(34-15-7-4-8-16-34)31-44-41-18-10-12-20-47(41)51-48(44)43(38)29-36/h3-31H,1-2H3. The number of anilines is 3. The van der Waals surface area contributed by atoms with Crippen LogP contribution >= 0.6 is 11.3 Å². The predicted molar refractivity (Wildman–Crippen MR) is 220 cm³/mol. The van der Waals surface area contributed by atoms with E-state index in [1.54, 1.807) is 0 Å². The van der Waals surface area contributed by atoms with Crippen molar-refractivity contribution < 1.29 is 0 Å². The minimum absolute atomic E-state index is 0.0953. The Morgan fingerprint density at radius 2 is 0.980 bits per heavy atom. The van der Waals surface area contributed by atoms with Gasteiger partial charge in [-0.1, -0.05) is 141 Å². The average Bonchev–Trinajstić information content (AvgIpc) is 3.68. The highest BCUT2D eigenvalue weighted by atomic mass is 32.1. The Kier molecular flexibility index (Phi) is 6.78. The lowest BCUT2D eigenvalue weighted by Gasteiger charge is -2.28. The first-order valence-electron chi connectivity index (χ1n) is 17.7. The van der Waals surface area contributed by atoms with E-state index in [1.165, 1.54) is 75.5 Å². The second-order valence-electron chi connectivity index (χ2n) is 14.1. The van der Waals surface area contributed by atoms with E-state index in [0.29, 0.717) is 0 Å². The molecular formula is C49H35NS. The molecule has 242 valence electrons. The number of rotatable bonds is 5. The van der Waals surface area contributed by atoms with Gasteiger partial charge < -0.3 is 4.90 Å². The van der Waals surface area contributed by atoms with E-state index in [0.717, 1.165) is 17.1 Å². The van der Waals surface area contributed by atoms with Gasteiger partial charge in [0.25, 0.3) is 0 Å². The molecule has 0 fully saturated rings. The minimum Gasteiger partial charge on any atom is -0.310 e. The quantitative estimate of drug-likeness (QED) is 0.176. The van der Waals surface area contributed by atoms with Gasteiger partial charge >= 0.3 is 0 Å². The normalized spacial score (nSPS) is 13.1. The molecular weight excluding hydrogens is 635 g/mol. The highest BCUT2D eigenvalue weighted by Gasteiger charge is 2.35. The van der Waals surface area contributed by atoms with Crippen LogP contribution in [0.15, 0.2) is 176 Å². The van der Waals surface area contributed by atoms with Gasteiger partial charge in [0.2, 0.25) is 0 Å². The van der Waals surface area contributed by atoms with Crippen molar-refractivity contribution in [2.24, 2.45) is 0 Å². The van der Waals surface area contributed by atoms with Crippen LogP contribution in [0.5, 0.6) is 0 Å². The minimum atomic E-state index is -0.0953. The third-order valence-corrected chi connectivity index (χ3v) is 12.1. The number of benzene rings is 8. The molecule has 51 heavy (non-hydrogen) atoms. The molecule has 1 aliphatic rings. The van der Waals surface area contributed by atoms with Gasteiger partial charge in [0.15, 0.2) is 0 Å². The summed E-state index contributed by atoms with van der Waals surface area (Å²) in [6, 6.07) is 64.8. The van der Waals surface area contributed by atoms with E-state index in [9.17, 15) is 0 Å². The lowest BCUT2D eigenvalue weighted by molar-refractivity contribution is 0.660. The molecule has 0 unspecified atom stereocenters. The molecule has 1 nitrogen and oxygen atoms in total. The molecule has 0 aliphatic heterocycles. The van der Waals surface area contributed by atoms with Crippen molar-refractivity contribution in [2.75, 3.05) is 4.90 Å². The summed E-state index contributed by atoms with van der Waals surface area (Å²) in [5, 5.41) is 5.18. The fourth-order valence-corrected chi connectivity index (χ4v) is 9.51. The molecule has 0 amide bonds. The molecule has 1 heterocycles. The van der Waals surface area contributed by atoms with Crippen LogP contribution in [-0.4, -0.2) is 0 Å². The van der Waals surface area contributed by atoms with Crippen molar-refractivity contribution in [1.29, 1.82) is 0 Å². The van der Waals surface area contributed by atoms with E-state index >= 15 is 0 Å². The molecule has 2 heteroatoms. The predicted octanol–water partition coefficient (Wildman–Crippen LogP) is 14.3. The number of nitrogens with zero attached hydrogens (tertiary/aromatic N) is 1. The zero-order chi connectivity index (χ0) is 34.1. The Morgan fingerprint density at radius 3 is 1.78 bits per heavy atom. The van der Waals surface area contributed by atoms with Gasteiger partial charge in [0, 0.05) is 48.0 Å². The fraction of sp³-hybridized carbons (Fsp3) is 0.0612. The van der Waals surface area contributed by atoms with Gasteiger partial charge in [-0.15, -0.1) is 11.3 Å². The molecule has 0 atom stereocenters. The number of hydrogen-bond donors (Lipinski definition) is 0. The van der Waals surface area contributed by atoms with Crippen molar-refractivity contribution in [3.05, 3.63) is 187 Å². The smallest absolute Gasteiger partial charge is 0.0468 e. The van der Waals surface area contributed by atoms with E-state index in [1.807, 2.05) is 11.3 Å². The maximum absolute atomic E-state index is 2.45. The Balaban J connectivity index is 1.21. The van der Waals surface area contributed by atoms with Gasteiger partial charge in [-0.25, -0.2) is 0 Å². The molecule has 0 N–H and O–H groups in total. The van der Waals surface area contributed by atoms with Gasteiger partial charge in [-0.05, 0) is 98.4 Å². The van der Waals surface area contributed by atoms with Crippen molar-refractivity contribution in [2.45, 2.75) is 19.3 Å². The summed E-state index contributed by atoms with van der Waals surface area (Å²) in [5.74, 6) is 0. The van der Waals surface area contributed by atoms with Crippen LogP contribution in [0.4, 0.5) is 17.1 Å². The van der Waals surface area contributed by atoms with Crippen LogP contribution in [-0.2, 0) is 5.41 Å². The van der Waals surface area contributed by atoms with Gasteiger partial charge in [-0.3, -0.25) is 0 Å². The lowest BCUT2D eigenvalue weighted by atomic mass is 9.82. The zero-order valence-corrected chi connectivity index (χ0v) is 29.4. The van der Waals surface area contributed by atoms with Crippen molar-refractivity contribution >= 4 is 59.3 Å². The first kappa shape index (κ1) is 29.9. The summed E-state index contributed by atoms with van der Waals surface area (Å²) >= 11 is 1.90. The van der Waals surface area contributed by atoms with Crippen LogP contribution < -0.4 is 4.90 Å². The molecule has 9 aromatic rings. The summed E-state index contributed by atoms with van der Waals surface area (Å²) < 4.78 is 2.65. The molecule has 1 aromatic heterocycles. The highest BCUT2D eigenvalue weighted by Crippen LogP contribution is 2.51. The molecule has 0 saturated heterocycles. The number of fused-ring (bicyclic) bond motifs is 8. The molecule has 0 bridgehead atoms. The summed E-state index contributed by atoms with van der Waals surface area (Å²) in [6.45, 7) is 4.72. The maximum Gasteiger partial charge on any atom is 0.0468 e. The molecule has 0 saturated carbocycles. The van der Waals surface area contributed by atoms with E-state index in [2.05, 4.69) is 195 Å². The highest BCUT2D eigenvalue weighted by molar-refractivity contribution is 7.26. The van der Waals surface area contributed by atoms with Crippen LogP contribution in [0, 0.1) is 0 Å². The first-order valence-corrected chi connectivity index (χ1v) is 18.5. The monoisotopic (exact) mass is 669 g/mol. The molecule has 10 rings (SSSR count). The van der Waals surface area contributed by atoms with Crippen molar-refractivity contribution in [3.63, 3.8) is 0 Å². The summed E-state index contributed by atoms with van der Waals surface area (Å²) in [7, 11) is 0. The Morgan fingerprint density at radius 1 is 0.392 bits per heavy atom. The van der Waals surface area contributed by atoms with Crippen LogP contribution in [0.1, 0.15) is 25.0 Å². The molecule has 0 spiro atoms. The SMILES string of the molecule is CC1(C)c2ccccc2-c2ccc(N(c3ccc(-c4ccccc4)cc3)c3ccc4c(-c5ccccc5)cc5c6ccccc6sc5c4c3)cc21. The van der Waals surface area contributed by atoms with Crippen molar-refractivity contribution in [3.8, 4) is 33.4 Å². The molecule has 0 radical (unpaired) electrons. The van der Waals surface area contributed by atoms with E-state index < -0.39 is 0 Å². The summed E-state index contributed by atoms with van der Waals surface area (Å²) in [4.78, 5) is 2.45. The Labute approximate surface area is 302 Å². The first-order chi connectivity index (χ1) is 25.0. The Bertz CT molecular complexity index is 2760. The second kappa shape index (κ2) is 11.6. The third-order valence-electron chi connectivity index (χ3n) is 10.9. The van der Waals surface area contributed by atoms with Crippen LogP contribution in [0.3, 0.4) is 0 Å². The van der Waals surface area contributed by atoms with E-state index in [4.69, 9.17) is 0 Å². The van der Waals surface area contributed by atoms with E-state index in [-0.39, 0.29) is 5.41 Å². The fourth-order valence-electron chi connectivity index (χ4n) is 8.29. The van der Waals surface area contributed by atoms with Crippen LogP contribution in [0.2, 0.25) is 0 Å². The second-order valence-corrected chi connectivity index (χ2v) is 15.2. The van der Waals surface area contributed by atoms with Gasteiger partial charge in [-0.2, -0.15) is 0 Å². The largest absolute Gasteiger partial charge is 0.310 e. The summed E-state index contributed by atoms with van der Waals surface area (Å²) in [6.07, 6.45) is 0. The molecule has 1 aliphatic carbocycles. The number of thiophene rings is 1. The van der Waals surface area contributed by atoms with Gasteiger partial charge in [0.1, 0.15) is 0 Å². The summed E-state index contributed by atoms with van der Waals surface area (Å²) in [5.41, 5.74) is 13.7. The Hall–Kier alpha value is -5.96. The molecule has 8 aromatic carbocycles. The van der Waals surface area contributed by atoms with Crippen LogP contribution in [0.25, 0.3) is 64.3 Å². The topological polar surface area (TPSA) is 3.24 Å². The zero-order valence-electron chi connectivity index (χ0n) is 28.6.